The fraction of sp³-hybridized carbons (Fsp3) is 0.647. The topological polar surface area (TPSA) is 3.24 Å². The van der Waals surface area contributed by atoms with Gasteiger partial charge in [0, 0.05) is 6.54 Å². The number of nitrogens with zero attached hydrogens (tertiary/aromatic N) is 1. The number of benzene rings is 1. The van der Waals surface area contributed by atoms with E-state index in [1.54, 1.807) is 0 Å². The summed E-state index contributed by atoms with van der Waals surface area (Å²) < 4.78 is 0. The Balaban J connectivity index is 1.78. The molecule has 1 aliphatic rings. The highest BCUT2D eigenvalue weighted by Crippen LogP contribution is 2.12. The van der Waals surface area contributed by atoms with Crippen LogP contribution in [0.2, 0.25) is 0 Å². The van der Waals surface area contributed by atoms with Crippen LogP contribution in [-0.2, 0) is 6.42 Å². The molecule has 1 fully saturated rings. The summed E-state index contributed by atoms with van der Waals surface area (Å²) in [6, 6.07) is 9.03. The third-order valence-corrected chi connectivity index (χ3v) is 4.04. The second-order valence-electron chi connectivity index (χ2n) is 5.70. The third-order valence-electron chi connectivity index (χ3n) is 4.04. The van der Waals surface area contributed by atoms with Crippen LogP contribution in [0.15, 0.2) is 24.3 Å². The van der Waals surface area contributed by atoms with E-state index in [2.05, 4.69) is 36.1 Å². The highest BCUT2D eigenvalue weighted by atomic mass is 15.1. The Labute approximate surface area is 112 Å². The van der Waals surface area contributed by atoms with Crippen molar-refractivity contribution in [1.82, 2.24) is 4.90 Å². The number of hydrogen-bond donors (Lipinski definition) is 0. The van der Waals surface area contributed by atoms with E-state index in [0.29, 0.717) is 0 Å². The van der Waals surface area contributed by atoms with Crippen LogP contribution in [0, 0.1) is 6.92 Å². The highest BCUT2D eigenvalue weighted by Gasteiger charge is 2.07. The van der Waals surface area contributed by atoms with Crippen molar-refractivity contribution in [1.29, 1.82) is 0 Å². The lowest BCUT2D eigenvalue weighted by molar-refractivity contribution is 0.272. The molecule has 0 radical (unpaired) electrons. The van der Waals surface area contributed by atoms with Gasteiger partial charge in [-0.2, -0.15) is 0 Å². The molecule has 0 spiro atoms. The number of rotatable bonds is 3. The minimum absolute atomic E-state index is 1.21. The Bertz CT molecular complexity index is 318. The molecule has 0 bridgehead atoms. The first-order valence-electron chi connectivity index (χ1n) is 7.62. The molecule has 0 N–H and O–H groups in total. The van der Waals surface area contributed by atoms with E-state index in [0.717, 1.165) is 0 Å². The zero-order valence-electron chi connectivity index (χ0n) is 11.8. The van der Waals surface area contributed by atoms with E-state index >= 15 is 0 Å². The van der Waals surface area contributed by atoms with Crippen LogP contribution in [0.3, 0.4) is 0 Å². The highest BCUT2D eigenvalue weighted by molar-refractivity contribution is 5.21. The van der Waals surface area contributed by atoms with E-state index in [1.807, 2.05) is 0 Å². The lowest BCUT2D eigenvalue weighted by Crippen LogP contribution is -2.28. The molecule has 0 aromatic heterocycles. The monoisotopic (exact) mass is 245 g/mol. The zero-order chi connectivity index (χ0) is 12.6. The van der Waals surface area contributed by atoms with Crippen molar-refractivity contribution in [3.05, 3.63) is 35.4 Å². The third kappa shape index (κ3) is 4.81. The van der Waals surface area contributed by atoms with Crippen LogP contribution in [0.1, 0.15) is 49.7 Å². The molecule has 1 heteroatoms. The van der Waals surface area contributed by atoms with E-state index in [1.165, 1.54) is 75.7 Å². The van der Waals surface area contributed by atoms with Gasteiger partial charge in [0.05, 0.1) is 0 Å². The Morgan fingerprint density at radius 2 is 1.39 bits per heavy atom. The molecule has 0 amide bonds. The van der Waals surface area contributed by atoms with Crippen molar-refractivity contribution in [3.63, 3.8) is 0 Å². The van der Waals surface area contributed by atoms with Crippen molar-refractivity contribution < 1.29 is 0 Å². The fourth-order valence-electron chi connectivity index (χ4n) is 2.76. The Hall–Kier alpha value is -0.820. The van der Waals surface area contributed by atoms with Crippen LogP contribution in [-0.4, -0.2) is 24.5 Å². The summed E-state index contributed by atoms with van der Waals surface area (Å²) in [7, 11) is 0. The summed E-state index contributed by atoms with van der Waals surface area (Å²) in [4.78, 5) is 2.67. The van der Waals surface area contributed by atoms with E-state index in [9.17, 15) is 0 Å². The minimum atomic E-state index is 1.21. The first kappa shape index (κ1) is 13.6. The second-order valence-corrected chi connectivity index (χ2v) is 5.70. The average molecular weight is 245 g/mol. The second kappa shape index (κ2) is 7.58. The predicted molar refractivity (Wildman–Crippen MR) is 79.0 cm³/mol. The summed E-state index contributed by atoms with van der Waals surface area (Å²) in [5.41, 5.74) is 2.85. The largest absolute Gasteiger partial charge is 0.303 e. The van der Waals surface area contributed by atoms with Gasteiger partial charge in [-0.3, -0.25) is 0 Å². The van der Waals surface area contributed by atoms with Crippen molar-refractivity contribution >= 4 is 0 Å². The molecular weight excluding hydrogens is 218 g/mol. The zero-order valence-corrected chi connectivity index (χ0v) is 11.8. The average Bonchev–Trinajstić information content (AvgIpc) is 2.52. The quantitative estimate of drug-likeness (QED) is 0.771. The van der Waals surface area contributed by atoms with Crippen molar-refractivity contribution in [2.45, 2.75) is 51.9 Å². The molecular formula is C17H27N. The SMILES string of the molecule is Cc1ccc(CCN2CCCCCCCC2)cc1. The predicted octanol–water partition coefficient (Wildman–Crippen LogP) is 4.19. The molecule has 100 valence electrons. The molecule has 1 aliphatic heterocycles. The van der Waals surface area contributed by atoms with E-state index in [4.69, 9.17) is 0 Å². The summed E-state index contributed by atoms with van der Waals surface area (Å²) in [6.07, 6.45) is 9.77. The molecule has 1 nitrogen and oxygen atoms in total. The summed E-state index contributed by atoms with van der Waals surface area (Å²) in [5.74, 6) is 0. The van der Waals surface area contributed by atoms with Crippen molar-refractivity contribution in [2.24, 2.45) is 0 Å². The molecule has 0 unspecified atom stereocenters. The molecule has 1 saturated heterocycles. The molecule has 2 rings (SSSR count). The van der Waals surface area contributed by atoms with Crippen molar-refractivity contribution in [3.8, 4) is 0 Å². The first-order chi connectivity index (χ1) is 8.84. The van der Waals surface area contributed by atoms with Gasteiger partial charge in [-0.15, -0.1) is 0 Å². The van der Waals surface area contributed by atoms with Gasteiger partial charge in [0.1, 0.15) is 0 Å². The molecule has 0 aliphatic carbocycles. The number of hydrogen-bond acceptors (Lipinski definition) is 1. The summed E-state index contributed by atoms with van der Waals surface area (Å²) in [6.45, 7) is 6.02. The molecule has 0 saturated carbocycles. The van der Waals surface area contributed by atoms with Gasteiger partial charge in [-0.05, 0) is 44.8 Å². The maximum atomic E-state index is 2.67. The van der Waals surface area contributed by atoms with Crippen LogP contribution >= 0.6 is 0 Å². The van der Waals surface area contributed by atoms with Gasteiger partial charge < -0.3 is 4.90 Å². The van der Waals surface area contributed by atoms with Gasteiger partial charge in [0.25, 0.3) is 0 Å². The summed E-state index contributed by atoms with van der Waals surface area (Å²) in [5, 5.41) is 0. The maximum Gasteiger partial charge on any atom is 0.00218 e. The first-order valence-corrected chi connectivity index (χ1v) is 7.62. The number of aryl methyl sites for hydroxylation is 1. The molecule has 1 aromatic carbocycles. The molecule has 1 aromatic rings. The van der Waals surface area contributed by atoms with Crippen LogP contribution in [0.25, 0.3) is 0 Å². The van der Waals surface area contributed by atoms with Gasteiger partial charge in [-0.25, -0.2) is 0 Å². The normalized spacial score (nSPS) is 18.9. The Morgan fingerprint density at radius 3 is 2.00 bits per heavy atom. The van der Waals surface area contributed by atoms with Crippen molar-refractivity contribution in [2.75, 3.05) is 19.6 Å². The van der Waals surface area contributed by atoms with E-state index in [-0.39, 0.29) is 0 Å². The van der Waals surface area contributed by atoms with Gasteiger partial charge in [-0.1, -0.05) is 55.5 Å². The fourth-order valence-corrected chi connectivity index (χ4v) is 2.76. The Kier molecular flexibility index (Phi) is 5.73. The van der Waals surface area contributed by atoms with Crippen LogP contribution < -0.4 is 0 Å². The summed E-state index contributed by atoms with van der Waals surface area (Å²) >= 11 is 0. The van der Waals surface area contributed by atoms with E-state index < -0.39 is 0 Å². The van der Waals surface area contributed by atoms with Gasteiger partial charge in [0.2, 0.25) is 0 Å². The standard InChI is InChI=1S/C17H27N/c1-16-8-10-17(11-9-16)12-15-18-13-6-4-2-3-5-7-14-18/h8-11H,2-7,12-15H2,1H3. The smallest absolute Gasteiger partial charge is 0.00218 e. The lowest BCUT2D eigenvalue weighted by atomic mass is 10.1. The molecule has 1 heterocycles. The molecule has 18 heavy (non-hydrogen) atoms. The van der Waals surface area contributed by atoms with Gasteiger partial charge >= 0.3 is 0 Å². The van der Waals surface area contributed by atoms with Gasteiger partial charge in [0.15, 0.2) is 0 Å². The minimum Gasteiger partial charge on any atom is -0.303 e. The van der Waals surface area contributed by atoms with Crippen LogP contribution in [0.5, 0.6) is 0 Å². The Morgan fingerprint density at radius 1 is 0.833 bits per heavy atom. The van der Waals surface area contributed by atoms with Crippen LogP contribution in [0.4, 0.5) is 0 Å². The lowest BCUT2D eigenvalue weighted by Gasteiger charge is -2.21. The molecule has 0 atom stereocenters. The maximum absolute atomic E-state index is 2.67.